The third-order valence-corrected chi connectivity index (χ3v) is 11.5. The number of hydrogen-bond donors (Lipinski definition) is 0. The van der Waals surface area contributed by atoms with Crippen LogP contribution in [0.1, 0.15) is 22.3 Å². The van der Waals surface area contributed by atoms with Gasteiger partial charge in [-0.05, 0) is 69.8 Å². The summed E-state index contributed by atoms with van der Waals surface area (Å²) in [7, 11) is 0. The highest BCUT2D eigenvalue weighted by Crippen LogP contribution is 2.61. The van der Waals surface area contributed by atoms with Crippen molar-refractivity contribution in [3.05, 3.63) is 174 Å². The molecule has 1 unspecified atom stereocenters. The normalized spacial score (nSPS) is 16.3. The fraction of sp³-hybridized carbons (Fsp3) is 0.0233. The average Bonchev–Trinajstić information content (AvgIpc) is 3.66. The standard InChI is InChI=1S/C43H25NOS/c1-5-19-36-28(11-1)30-14-10-17-34-41(30)44(36)37-20-6-3-15-32(37)43(34)33-16-4-8-22-40(33)46-42-27(13-9-18-35(42)43)26-23-24-39-31(25-26)29-12-2-7-21-38(29)45-39/h1-25H. The zero-order valence-electron chi connectivity index (χ0n) is 24.7. The van der Waals surface area contributed by atoms with Crippen LogP contribution < -0.4 is 0 Å². The van der Waals surface area contributed by atoms with Crippen LogP contribution in [-0.2, 0) is 5.41 Å². The van der Waals surface area contributed by atoms with Crippen LogP contribution in [0, 0.1) is 0 Å². The van der Waals surface area contributed by atoms with E-state index in [0.29, 0.717) is 0 Å². The molecule has 0 N–H and O–H groups in total. The lowest BCUT2D eigenvalue weighted by Crippen LogP contribution is -2.37. The monoisotopic (exact) mass is 603 g/mol. The summed E-state index contributed by atoms with van der Waals surface area (Å²) in [6.45, 7) is 0. The molecular formula is C43H25NOS. The van der Waals surface area contributed by atoms with Gasteiger partial charge in [0.15, 0.2) is 0 Å². The highest BCUT2D eigenvalue weighted by atomic mass is 32.2. The molecule has 3 heteroatoms. The van der Waals surface area contributed by atoms with Gasteiger partial charge in [-0.15, -0.1) is 0 Å². The highest BCUT2D eigenvalue weighted by Gasteiger charge is 2.49. The summed E-state index contributed by atoms with van der Waals surface area (Å²) in [6.07, 6.45) is 0. The Morgan fingerprint density at radius 2 is 1.20 bits per heavy atom. The van der Waals surface area contributed by atoms with Gasteiger partial charge in [0.05, 0.1) is 22.1 Å². The van der Waals surface area contributed by atoms with Crippen molar-refractivity contribution < 1.29 is 4.42 Å². The topological polar surface area (TPSA) is 18.1 Å². The fourth-order valence-electron chi connectivity index (χ4n) is 8.47. The third-order valence-electron chi connectivity index (χ3n) is 10.3. The first-order valence-corrected chi connectivity index (χ1v) is 16.6. The molecule has 0 saturated heterocycles. The zero-order valence-corrected chi connectivity index (χ0v) is 25.5. The first-order chi connectivity index (χ1) is 22.8. The summed E-state index contributed by atoms with van der Waals surface area (Å²) in [6, 6.07) is 55.8. The summed E-state index contributed by atoms with van der Waals surface area (Å²) in [5, 5.41) is 4.89. The zero-order chi connectivity index (χ0) is 30.0. The molecule has 2 aliphatic rings. The van der Waals surface area contributed by atoms with Gasteiger partial charge in [-0.1, -0.05) is 127 Å². The van der Waals surface area contributed by atoms with E-state index in [-0.39, 0.29) is 0 Å². The van der Waals surface area contributed by atoms with Crippen LogP contribution in [0.15, 0.2) is 166 Å². The van der Waals surface area contributed by atoms with Crippen LogP contribution in [0.2, 0.25) is 0 Å². The Balaban J connectivity index is 1.29. The van der Waals surface area contributed by atoms with E-state index in [0.717, 1.165) is 21.9 Å². The molecule has 2 aliphatic heterocycles. The van der Waals surface area contributed by atoms with Crippen molar-refractivity contribution in [3.63, 3.8) is 0 Å². The molecule has 9 aromatic rings. The molecule has 0 radical (unpaired) electrons. The molecule has 4 heterocycles. The van der Waals surface area contributed by atoms with E-state index in [1.807, 2.05) is 17.8 Å². The van der Waals surface area contributed by atoms with Gasteiger partial charge in [0.2, 0.25) is 0 Å². The van der Waals surface area contributed by atoms with Crippen molar-refractivity contribution in [2.24, 2.45) is 0 Å². The van der Waals surface area contributed by atoms with E-state index in [1.54, 1.807) is 0 Å². The van der Waals surface area contributed by atoms with Crippen molar-refractivity contribution in [2.75, 3.05) is 0 Å². The van der Waals surface area contributed by atoms with Gasteiger partial charge < -0.3 is 8.98 Å². The first kappa shape index (κ1) is 24.8. The number of rotatable bonds is 1. The molecule has 1 atom stereocenters. The van der Waals surface area contributed by atoms with E-state index < -0.39 is 5.41 Å². The number of nitrogens with zero attached hydrogens (tertiary/aromatic N) is 1. The van der Waals surface area contributed by atoms with E-state index in [2.05, 4.69) is 150 Å². The Labute approximate surface area is 269 Å². The van der Waals surface area contributed by atoms with E-state index >= 15 is 0 Å². The highest BCUT2D eigenvalue weighted by molar-refractivity contribution is 7.99. The van der Waals surface area contributed by atoms with Crippen LogP contribution in [0.5, 0.6) is 0 Å². The Kier molecular flexibility index (Phi) is 4.74. The molecule has 214 valence electrons. The molecule has 0 aliphatic carbocycles. The Morgan fingerprint density at radius 3 is 2.15 bits per heavy atom. The lowest BCUT2D eigenvalue weighted by Gasteiger charge is -2.45. The summed E-state index contributed by atoms with van der Waals surface area (Å²) in [5.41, 5.74) is 12.9. The second-order valence-electron chi connectivity index (χ2n) is 12.4. The quantitative estimate of drug-likeness (QED) is 0.186. The second-order valence-corrected chi connectivity index (χ2v) is 13.5. The van der Waals surface area contributed by atoms with Gasteiger partial charge in [-0.25, -0.2) is 0 Å². The Morgan fingerprint density at radius 1 is 0.500 bits per heavy atom. The molecule has 46 heavy (non-hydrogen) atoms. The van der Waals surface area contributed by atoms with Gasteiger partial charge in [0.1, 0.15) is 11.2 Å². The maximum Gasteiger partial charge on any atom is 0.135 e. The van der Waals surface area contributed by atoms with E-state index in [9.17, 15) is 0 Å². The van der Waals surface area contributed by atoms with E-state index in [4.69, 9.17) is 4.42 Å². The summed E-state index contributed by atoms with van der Waals surface area (Å²) in [4.78, 5) is 2.61. The molecule has 1 spiro atoms. The van der Waals surface area contributed by atoms with Crippen LogP contribution in [-0.4, -0.2) is 4.57 Å². The van der Waals surface area contributed by atoms with E-state index in [1.165, 1.54) is 70.7 Å². The lowest BCUT2D eigenvalue weighted by molar-refractivity contribution is 0.669. The maximum absolute atomic E-state index is 6.21. The van der Waals surface area contributed by atoms with Crippen LogP contribution >= 0.6 is 11.8 Å². The second kappa shape index (κ2) is 8.81. The van der Waals surface area contributed by atoms with Crippen molar-refractivity contribution >= 4 is 55.5 Å². The largest absolute Gasteiger partial charge is 0.456 e. The van der Waals surface area contributed by atoms with Crippen LogP contribution in [0.25, 0.3) is 60.6 Å². The van der Waals surface area contributed by atoms with Crippen molar-refractivity contribution in [1.29, 1.82) is 0 Å². The predicted octanol–water partition coefficient (Wildman–Crippen LogP) is 11.5. The molecule has 0 saturated carbocycles. The smallest absolute Gasteiger partial charge is 0.135 e. The number of aromatic nitrogens is 1. The molecule has 2 aromatic heterocycles. The van der Waals surface area contributed by atoms with Crippen molar-refractivity contribution in [2.45, 2.75) is 15.2 Å². The van der Waals surface area contributed by atoms with Crippen molar-refractivity contribution in [3.8, 4) is 16.8 Å². The summed E-state index contributed by atoms with van der Waals surface area (Å²) >= 11 is 1.90. The molecule has 0 amide bonds. The number of benzene rings is 7. The van der Waals surface area contributed by atoms with Crippen LogP contribution in [0.4, 0.5) is 0 Å². The minimum atomic E-state index is -0.486. The minimum Gasteiger partial charge on any atom is -0.456 e. The molecular weight excluding hydrogens is 579 g/mol. The van der Waals surface area contributed by atoms with Gasteiger partial charge >= 0.3 is 0 Å². The maximum atomic E-state index is 6.21. The third kappa shape index (κ3) is 2.95. The number of furan rings is 1. The lowest BCUT2D eigenvalue weighted by atomic mass is 9.62. The van der Waals surface area contributed by atoms with Gasteiger partial charge in [0, 0.05) is 31.3 Å². The molecule has 0 fully saturated rings. The molecule has 0 bridgehead atoms. The number of hydrogen-bond acceptors (Lipinski definition) is 2. The fourth-order valence-corrected chi connectivity index (χ4v) is 9.79. The minimum absolute atomic E-state index is 0.486. The Hall–Kier alpha value is -5.51. The van der Waals surface area contributed by atoms with Gasteiger partial charge in [-0.3, -0.25) is 0 Å². The Bertz CT molecular complexity index is 2750. The number of fused-ring (bicyclic) bond motifs is 14. The summed E-state index contributed by atoms with van der Waals surface area (Å²) in [5.74, 6) is 0. The molecule has 2 nitrogen and oxygen atoms in total. The van der Waals surface area contributed by atoms with Crippen molar-refractivity contribution in [1.82, 2.24) is 4.57 Å². The molecule has 7 aromatic carbocycles. The first-order valence-electron chi connectivity index (χ1n) is 15.8. The number of para-hydroxylation sites is 4. The predicted molar refractivity (Wildman–Crippen MR) is 189 cm³/mol. The van der Waals surface area contributed by atoms with Gasteiger partial charge in [0.25, 0.3) is 0 Å². The average molecular weight is 604 g/mol. The van der Waals surface area contributed by atoms with Crippen LogP contribution in [0.3, 0.4) is 0 Å². The summed E-state index contributed by atoms with van der Waals surface area (Å²) < 4.78 is 8.72. The molecule has 11 rings (SSSR count). The van der Waals surface area contributed by atoms with Gasteiger partial charge in [-0.2, -0.15) is 0 Å². The SMILES string of the molecule is c1ccc2c(c1)Sc1c(-c3ccc4oc5ccccc5c4c3)cccc1C21c2ccccc2-n2c3ccccc3c3cccc1c32.